The van der Waals surface area contributed by atoms with Crippen LogP contribution in [0.15, 0.2) is 30.5 Å². The average Bonchev–Trinajstić information content (AvgIpc) is 3.13. The van der Waals surface area contributed by atoms with Crippen molar-refractivity contribution in [2.24, 2.45) is 5.92 Å². The number of amides is 2. The summed E-state index contributed by atoms with van der Waals surface area (Å²) in [6.45, 7) is 2.74. The van der Waals surface area contributed by atoms with Crippen LogP contribution in [-0.2, 0) is 16.1 Å². The number of benzene rings is 1. The van der Waals surface area contributed by atoms with Crippen molar-refractivity contribution in [3.05, 3.63) is 46.2 Å². The Bertz CT molecular complexity index is 759. The second-order valence-electron chi connectivity index (χ2n) is 5.92. The van der Waals surface area contributed by atoms with E-state index < -0.39 is 0 Å². The number of halogens is 1. The zero-order valence-electron chi connectivity index (χ0n) is 13.5. The second-order valence-corrected chi connectivity index (χ2v) is 7.24. The van der Waals surface area contributed by atoms with Crippen LogP contribution in [0.25, 0.3) is 0 Å². The topological polar surface area (TPSA) is 53.5 Å². The smallest absolute Gasteiger partial charge is 0.228 e. The molecule has 1 aliphatic heterocycles. The van der Waals surface area contributed by atoms with Gasteiger partial charge >= 0.3 is 0 Å². The van der Waals surface area contributed by atoms with E-state index in [2.05, 4.69) is 4.98 Å². The molecule has 0 saturated carbocycles. The average molecular weight is 347 g/mol. The molecule has 2 amide bonds. The van der Waals surface area contributed by atoms with Gasteiger partial charge < -0.3 is 9.80 Å². The highest BCUT2D eigenvalue weighted by atomic mass is 32.1. The third kappa shape index (κ3) is 3.46. The maximum Gasteiger partial charge on any atom is 0.228 e. The SMILES string of the molecule is Cc1ncc(CN(C)C(=O)C2CC(=O)N(c3ccc(F)cc3)C2)s1. The van der Waals surface area contributed by atoms with Gasteiger partial charge in [0.1, 0.15) is 5.82 Å². The molecule has 3 rings (SSSR count). The van der Waals surface area contributed by atoms with Gasteiger partial charge in [-0.3, -0.25) is 9.59 Å². The molecule has 1 atom stereocenters. The van der Waals surface area contributed by atoms with E-state index in [1.165, 1.54) is 12.1 Å². The first-order valence-electron chi connectivity index (χ1n) is 7.66. The summed E-state index contributed by atoms with van der Waals surface area (Å²) >= 11 is 1.56. The van der Waals surface area contributed by atoms with E-state index in [1.807, 2.05) is 6.92 Å². The van der Waals surface area contributed by atoms with E-state index in [9.17, 15) is 14.0 Å². The van der Waals surface area contributed by atoms with Crippen LogP contribution in [-0.4, -0.2) is 35.3 Å². The summed E-state index contributed by atoms with van der Waals surface area (Å²) < 4.78 is 13.0. The molecular weight excluding hydrogens is 329 g/mol. The quantitative estimate of drug-likeness (QED) is 0.854. The lowest BCUT2D eigenvalue weighted by Crippen LogP contribution is -2.34. The zero-order valence-corrected chi connectivity index (χ0v) is 14.3. The first kappa shape index (κ1) is 16.6. The number of anilines is 1. The van der Waals surface area contributed by atoms with Crippen LogP contribution in [0.4, 0.5) is 10.1 Å². The first-order chi connectivity index (χ1) is 11.4. The molecule has 5 nitrogen and oxygen atoms in total. The number of carbonyl (C=O) groups is 2. The number of rotatable bonds is 4. The Morgan fingerprint density at radius 1 is 1.42 bits per heavy atom. The molecule has 1 fully saturated rings. The molecule has 0 radical (unpaired) electrons. The summed E-state index contributed by atoms with van der Waals surface area (Å²) in [6, 6.07) is 5.75. The van der Waals surface area contributed by atoms with Crippen molar-refractivity contribution in [3.8, 4) is 0 Å². The molecule has 0 bridgehead atoms. The molecule has 126 valence electrons. The molecule has 1 aliphatic rings. The van der Waals surface area contributed by atoms with Crippen LogP contribution in [0.2, 0.25) is 0 Å². The number of hydrogen-bond acceptors (Lipinski definition) is 4. The van der Waals surface area contributed by atoms with Crippen LogP contribution >= 0.6 is 11.3 Å². The van der Waals surface area contributed by atoms with Gasteiger partial charge in [0.2, 0.25) is 11.8 Å². The fourth-order valence-corrected chi connectivity index (χ4v) is 3.69. The van der Waals surface area contributed by atoms with Gasteiger partial charge in [0.25, 0.3) is 0 Å². The predicted molar refractivity (Wildman–Crippen MR) is 90.2 cm³/mol. The standard InChI is InChI=1S/C17H18FN3O2S/c1-11-19-8-15(24-11)10-20(2)17(23)12-7-16(22)21(9-12)14-5-3-13(18)4-6-14/h3-6,8,12H,7,9-10H2,1-2H3. The Labute approximate surface area is 143 Å². The lowest BCUT2D eigenvalue weighted by atomic mass is 10.1. The molecule has 0 N–H and O–H groups in total. The molecule has 1 saturated heterocycles. The van der Waals surface area contributed by atoms with Crippen molar-refractivity contribution in [2.75, 3.05) is 18.5 Å². The van der Waals surface area contributed by atoms with E-state index in [4.69, 9.17) is 0 Å². The van der Waals surface area contributed by atoms with Crippen molar-refractivity contribution >= 4 is 28.8 Å². The number of aromatic nitrogens is 1. The van der Waals surface area contributed by atoms with Crippen molar-refractivity contribution in [2.45, 2.75) is 19.9 Å². The number of hydrogen-bond donors (Lipinski definition) is 0. The fraction of sp³-hybridized carbons (Fsp3) is 0.353. The number of aryl methyl sites for hydroxylation is 1. The van der Waals surface area contributed by atoms with Crippen LogP contribution in [0, 0.1) is 18.7 Å². The summed E-state index contributed by atoms with van der Waals surface area (Å²) in [7, 11) is 1.74. The van der Waals surface area contributed by atoms with Crippen LogP contribution < -0.4 is 4.90 Å². The molecule has 7 heteroatoms. The van der Waals surface area contributed by atoms with Gasteiger partial charge in [0.15, 0.2) is 0 Å². The molecule has 0 spiro atoms. The predicted octanol–water partition coefficient (Wildman–Crippen LogP) is 2.60. The van der Waals surface area contributed by atoms with E-state index in [-0.39, 0.29) is 30.0 Å². The van der Waals surface area contributed by atoms with E-state index in [0.29, 0.717) is 18.8 Å². The Morgan fingerprint density at radius 3 is 2.75 bits per heavy atom. The Kier molecular flexibility index (Phi) is 4.62. The minimum atomic E-state index is -0.374. The molecular formula is C17H18FN3O2S. The van der Waals surface area contributed by atoms with Crippen molar-refractivity contribution in [1.29, 1.82) is 0 Å². The van der Waals surface area contributed by atoms with Gasteiger partial charge in [-0.05, 0) is 31.2 Å². The monoisotopic (exact) mass is 347 g/mol. The Balaban J connectivity index is 1.66. The van der Waals surface area contributed by atoms with E-state index >= 15 is 0 Å². The fourth-order valence-electron chi connectivity index (χ4n) is 2.85. The highest BCUT2D eigenvalue weighted by Crippen LogP contribution is 2.27. The molecule has 1 unspecified atom stereocenters. The largest absolute Gasteiger partial charge is 0.340 e. The van der Waals surface area contributed by atoms with Crippen LogP contribution in [0.5, 0.6) is 0 Å². The highest BCUT2D eigenvalue weighted by molar-refractivity contribution is 7.11. The van der Waals surface area contributed by atoms with E-state index in [1.54, 1.807) is 46.5 Å². The maximum atomic E-state index is 13.0. The van der Waals surface area contributed by atoms with Crippen LogP contribution in [0.1, 0.15) is 16.3 Å². The molecule has 0 aliphatic carbocycles. The van der Waals surface area contributed by atoms with Gasteiger partial charge in [-0.25, -0.2) is 9.37 Å². The van der Waals surface area contributed by atoms with Crippen LogP contribution in [0.3, 0.4) is 0 Å². The van der Waals surface area contributed by atoms with Gasteiger partial charge in [0, 0.05) is 36.8 Å². The number of thiazole rings is 1. The van der Waals surface area contributed by atoms with E-state index in [0.717, 1.165) is 9.88 Å². The number of nitrogens with zero attached hydrogens (tertiary/aromatic N) is 3. The molecule has 1 aromatic carbocycles. The van der Waals surface area contributed by atoms with Gasteiger partial charge in [0.05, 0.1) is 17.5 Å². The first-order valence-corrected chi connectivity index (χ1v) is 8.48. The van der Waals surface area contributed by atoms with Gasteiger partial charge in [-0.15, -0.1) is 11.3 Å². The zero-order chi connectivity index (χ0) is 17.3. The number of carbonyl (C=O) groups excluding carboxylic acids is 2. The second kappa shape index (κ2) is 6.68. The Morgan fingerprint density at radius 2 is 2.12 bits per heavy atom. The van der Waals surface area contributed by atoms with Crippen molar-refractivity contribution < 1.29 is 14.0 Å². The molecule has 2 aromatic rings. The summed E-state index contributed by atoms with van der Waals surface area (Å²) in [5.41, 5.74) is 0.623. The summed E-state index contributed by atoms with van der Waals surface area (Å²) in [5, 5.41) is 0.962. The molecule has 2 heterocycles. The molecule has 1 aromatic heterocycles. The highest BCUT2D eigenvalue weighted by Gasteiger charge is 2.36. The minimum Gasteiger partial charge on any atom is -0.340 e. The summed E-state index contributed by atoms with van der Waals surface area (Å²) in [4.78, 5) is 33.2. The maximum absolute atomic E-state index is 13.0. The lowest BCUT2D eigenvalue weighted by Gasteiger charge is -2.21. The summed E-state index contributed by atoms with van der Waals surface area (Å²) in [6.07, 6.45) is 1.96. The Hall–Kier alpha value is -2.28. The normalized spacial score (nSPS) is 17.4. The van der Waals surface area contributed by atoms with Gasteiger partial charge in [-0.2, -0.15) is 0 Å². The minimum absolute atomic E-state index is 0.0565. The van der Waals surface area contributed by atoms with Crippen molar-refractivity contribution in [3.63, 3.8) is 0 Å². The third-order valence-electron chi connectivity index (χ3n) is 4.05. The van der Waals surface area contributed by atoms with Gasteiger partial charge in [-0.1, -0.05) is 0 Å². The third-order valence-corrected chi connectivity index (χ3v) is 4.95. The van der Waals surface area contributed by atoms with Crippen molar-refractivity contribution in [1.82, 2.24) is 9.88 Å². The molecule has 24 heavy (non-hydrogen) atoms. The summed E-state index contributed by atoms with van der Waals surface area (Å²) in [5.74, 6) is -0.889. The lowest BCUT2D eigenvalue weighted by molar-refractivity contribution is -0.135.